The Morgan fingerprint density at radius 1 is 1.20 bits per heavy atom. The Morgan fingerprint density at radius 3 is 2.75 bits per heavy atom. The monoisotopic (exact) mass is 290 g/mol. The zero-order valence-electron chi connectivity index (χ0n) is 11.3. The minimum Gasteiger partial charge on any atom is -0.351 e. The van der Waals surface area contributed by atoms with Crippen LogP contribution in [0.1, 0.15) is 18.4 Å². The molecule has 1 aliphatic rings. The highest BCUT2D eigenvalue weighted by Crippen LogP contribution is 2.15. The molecule has 1 fully saturated rings. The number of benzene rings is 2. The highest BCUT2D eigenvalue weighted by molar-refractivity contribution is 5.85. The Hall–Kier alpha value is -1.58. The number of halogens is 1. The lowest BCUT2D eigenvalue weighted by atomic mass is 10.1. The van der Waals surface area contributed by atoms with E-state index in [0.717, 1.165) is 24.9 Å². The van der Waals surface area contributed by atoms with Crippen LogP contribution in [0.2, 0.25) is 0 Å². The normalized spacial score (nSPS) is 17.7. The van der Waals surface area contributed by atoms with Crippen molar-refractivity contribution in [3.8, 4) is 0 Å². The third-order valence-corrected chi connectivity index (χ3v) is 3.66. The molecule has 0 aliphatic carbocycles. The maximum Gasteiger partial charge on any atom is 0.237 e. The number of nitrogens with one attached hydrogen (secondary N) is 2. The van der Waals surface area contributed by atoms with Crippen molar-refractivity contribution in [3.63, 3.8) is 0 Å². The van der Waals surface area contributed by atoms with Crippen LogP contribution in [0.3, 0.4) is 0 Å². The van der Waals surface area contributed by atoms with Gasteiger partial charge in [0.05, 0.1) is 6.04 Å². The Morgan fingerprint density at radius 2 is 2.00 bits per heavy atom. The summed E-state index contributed by atoms with van der Waals surface area (Å²) in [6.45, 7) is 1.55. The largest absolute Gasteiger partial charge is 0.351 e. The molecule has 2 aromatic carbocycles. The molecule has 1 heterocycles. The molecule has 1 unspecified atom stereocenters. The first kappa shape index (κ1) is 14.8. The molecule has 0 aromatic heterocycles. The van der Waals surface area contributed by atoms with Gasteiger partial charge in [-0.25, -0.2) is 0 Å². The summed E-state index contributed by atoms with van der Waals surface area (Å²) in [5.41, 5.74) is 1.14. The fourth-order valence-corrected chi connectivity index (χ4v) is 2.57. The number of carbonyl (C=O) groups is 1. The van der Waals surface area contributed by atoms with E-state index < -0.39 is 0 Å². The molecule has 0 radical (unpaired) electrons. The molecule has 0 spiro atoms. The van der Waals surface area contributed by atoms with Crippen LogP contribution in [0, 0.1) is 0 Å². The second-order valence-electron chi connectivity index (χ2n) is 5.05. The van der Waals surface area contributed by atoms with E-state index >= 15 is 0 Å². The van der Waals surface area contributed by atoms with Gasteiger partial charge in [-0.05, 0) is 41.8 Å². The van der Waals surface area contributed by atoms with Gasteiger partial charge in [0.15, 0.2) is 0 Å². The highest BCUT2D eigenvalue weighted by Gasteiger charge is 2.21. The third kappa shape index (κ3) is 3.30. The van der Waals surface area contributed by atoms with Crippen molar-refractivity contribution in [3.05, 3.63) is 48.0 Å². The standard InChI is InChI=1S/C16H18N2O.ClH/c19-16(15-6-3-9-17-15)18-11-12-7-8-13-4-1-2-5-14(13)10-12;/h1-2,4-5,7-8,10,15,17H,3,6,9,11H2,(H,18,19);1H. The van der Waals surface area contributed by atoms with E-state index in [2.05, 4.69) is 41.0 Å². The molecule has 2 aromatic rings. The van der Waals surface area contributed by atoms with E-state index in [1.807, 2.05) is 12.1 Å². The molecule has 1 aliphatic heterocycles. The van der Waals surface area contributed by atoms with Gasteiger partial charge < -0.3 is 10.6 Å². The van der Waals surface area contributed by atoms with Crippen molar-refractivity contribution in [2.75, 3.05) is 6.54 Å². The highest BCUT2D eigenvalue weighted by atomic mass is 35.5. The van der Waals surface area contributed by atoms with Crippen LogP contribution in [0.25, 0.3) is 10.8 Å². The van der Waals surface area contributed by atoms with Crippen molar-refractivity contribution in [2.24, 2.45) is 0 Å². The number of carbonyl (C=O) groups excluding carboxylic acids is 1. The molecule has 106 valence electrons. The number of rotatable bonds is 3. The van der Waals surface area contributed by atoms with Crippen LogP contribution >= 0.6 is 12.4 Å². The summed E-state index contributed by atoms with van der Waals surface area (Å²) in [6, 6.07) is 14.6. The first-order valence-corrected chi connectivity index (χ1v) is 6.82. The topological polar surface area (TPSA) is 41.1 Å². The number of hydrogen-bond acceptors (Lipinski definition) is 2. The second-order valence-corrected chi connectivity index (χ2v) is 5.05. The summed E-state index contributed by atoms with van der Waals surface area (Å²) in [5.74, 6) is 0.116. The van der Waals surface area contributed by atoms with Gasteiger partial charge in [0.1, 0.15) is 0 Å². The SMILES string of the molecule is Cl.O=C(NCc1ccc2ccccc2c1)C1CCCN1. The van der Waals surface area contributed by atoms with E-state index in [-0.39, 0.29) is 24.4 Å². The van der Waals surface area contributed by atoms with Crippen molar-refractivity contribution in [1.29, 1.82) is 0 Å². The van der Waals surface area contributed by atoms with Crippen LogP contribution in [0.15, 0.2) is 42.5 Å². The minimum atomic E-state index is 0. The second kappa shape index (κ2) is 6.73. The molecule has 1 saturated heterocycles. The van der Waals surface area contributed by atoms with Gasteiger partial charge >= 0.3 is 0 Å². The lowest BCUT2D eigenvalue weighted by Crippen LogP contribution is -2.39. The molecular weight excluding hydrogens is 272 g/mol. The first-order valence-electron chi connectivity index (χ1n) is 6.82. The smallest absolute Gasteiger partial charge is 0.237 e. The molecule has 0 bridgehead atoms. The van der Waals surface area contributed by atoms with Crippen LogP contribution in [-0.4, -0.2) is 18.5 Å². The zero-order valence-corrected chi connectivity index (χ0v) is 12.1. The van der Waals surface area contributed by atoms with Gasteiger partial charge in [0.25, 0.3) is 0 Å². The molecule has 2 N–H and O–H groups in total. The Bertz CT molecular complexity index is 594. The van der Waals surface area contributed by atoms with Crippen molar-refractivity contribution in [2.45, 2.75) is 25.4 Å². The zero-order chi connectivity index (χ0) is 13.1. The fourth-order valence-electron chi connectivity index (χ4n) is 2.57. The lowest BCUT2D eigenvalue weighted by Gasteiger charge is -2.11. The molecule has 20 heavy (non-hydrogen) atoms. The quantitative estimate of drug-likeness (QED) is 0.912. The summed E-state index contributed by atoms with van der Waals surface area (Å²) >= 11 is 0. The number of amides is 1. The fraction of sp³-hybridized carbons (Fsp3) is 0.312. The lowest BCUT2D eigenvalue weighted by molar-refractivity contribution is -0.122. The number of hydrogen-bond donors (Lipinski definition) is 2. The van der Waals surface area contributed by atoms with Crippen LogP contribution in [0.4, 0.5) is 0 Å². The average Bonchev–Trinajstić information content (AvgIpc) is 2.99. The minimum absolute atomic E-state index is 0. The summed E-state index contributed by atoms with van der Waals surface area (Å²) in [6.07, 6.45) is 2.04. The van der Waals surface area contributed by atoms with E-state index in [0.29, 0.717) is 6.54 Å². The molecule has 0 saturated carbocycles. The van der Waals surface area contributed by atoms with E-state index in [1.54, 1.807) is 0 Å². The van der Waals surface area contributed by atoms with Gasteiger partial charge in [0, 0.05) is 6.54 Å². The third-order valence-electron chi connectivity index (χ3n) is 3.66. The van der Waals surface area contributed by atoms with E-state index in [1.165, 1.54) is 10.8 Å². The van der Waals surface area contributed by atoms with Crippen LogP contribution in [-0.2, 0) is 11.3 Å². The predicted octanol–water partition coefficient (Wildman–Crippen LogP) is 2.63. The molecule has 3 rings (SSSR count). The van der Waals surface area contributed by atoms with Crippen LogP contribution in [0.5, 0.6) is 0 Å². The Kier molecular flexibility index (Phi) is 4.99. The predicted molar refractivity (Wildman–Crippen MR) is 84.1 cm³/mol. The van der Waals surface area contributed by atoms with E-state index in [9.17, 15) is 4.79 Å². The van der Waals surface area contributed by atoms with Gasteiger partial charge in [0.2, 0.25) is 5.91 Å². The average molecular weight is 291 g/mol. The van der Waals surface area contributed by atoms with Crippen LogP contribution < -0.4 is 10.6 Å². The van der Waals surface area contributed by atoms with Gasteiger partial charge in [-0.3, -0.25) is 4.79 Å². The molecular formula is C16H19ClN2O. The Balaban J connectivity index is 0.00000147. The van der Waals surface area contributed by atoms with Gasteiger partial charge in [-0.15, -0.1) is 12.4 Å². The van der Waals surface area contributed by atoms with E-state index in [4.69, 9.17) is 0 Å². The molecule has 3 nitrogen and oxygen atoms in total. The number of fused-ring (bicyclic) bond motifs is 1. The maximum absolute atomic E-state index is 11.9. The summed E-state index contributed by atoms with van der Waals surface area (Å²) in [4.78, 5) is 11.9. The summed E-state index contributed by atoms with van der Waals surface area (Å²) < 4.78 is 0. The first-order chi connectivity index (χ1) is 9.33. The maximum atomic E-state index is 11.9. The molecule has 1 atom stereocenters. The summed E-state index contributed by atoms with van der Waals surface area (Å²) in [7, 11) is 0. The van der Waals surface area contributed by atoms with Crippen molar-refractivity contribution in [1.82, 2.24) is 10.6 Å². The van der Waals surface area contributed by atoms with Crippen molar-refractivity contribution < 1.29 is 4.79 Å². The van der Waals surface area contributed by atoms with Crippen molar-refractivity contribution >= 4 is 29.1 Å². The molecule has 1 amide bonds. The van der Waals surface area contributed by atoms with Gasteiger partial charge in [-0.1, -0.05) is 36.4 Å². The van der Waals surface area contributed by atoms with Gasteiger partial charge in [-0.2, -0.15) is 0 Å². The Labute approximate surface area is 125 Å². The molecule has 4 heteroatoms. The summed E-state index contributed by atoms with van der Waals surface area (Å²) in [5, 5.41) is 8.66.